The molecule has 0 aliphatic heterocycles. The number of benzene rings is 2. The molecule has 9 heteroatoms. The van der Waals surface area contributed by atoms with Crippen molar-refractivity contribution in [2.24, 2.45) is 0 Å². The first-order chi connectivity index (χ1) is 11.9. The molecule has 1 heterocycles. The number of anilines is 1. The van der Waals surface area contributed by atoms with E-state index in [0.717, 1.165) is 0 Å². The molecular formula is C16H15N5O3S. The molecule has 0 unspecified atom stereocenters. The van der Waals surface area contributed by atoms with Crippen molar-refractivity contribution < 1.29 is 13.2 Å². The highest BCUT2D eigenvalue weighted by Gasteiger charge is 2.17. The SMILES string of the molecule is CC(=O)c1ccc(S(=O)(=O)Nc2cccc(-n3cnnn3)c2C)cc1. The van der Waals surface area contributed by atoms with Crippen LogP contribution in [0.5, 0.6) is 0 Å². The standard InChI is InChI=1S/C16H15N5O3S/c1-11-15(4-3-5-16(11)21-10-17-19-20-21)18-25(23,24)14-8-6-13(7-9-14)12(2)22/h3-10,18H,1-2H3. The number of Topliss-reactive ketones (excluding diaryl/α,β-unsaturated/α-hetero) is 1. The molecule has 0 bridgehead atoms. The zero-order valence-electron chi connectivity index (χ0n) is 13.5. The van der Waals surface area contributed by atoms with Crippen LogP contribution < -0.4 is 4.72 Å². The zero-order chi connectivity index (χ0) is 18.0. The molecular weight excluding hydrogens is 342 g/mol. The van der Waals surface area contributed by atoms with Crippen molar-refractivity contribution in [3.8, 4) is 5.69 Å². The molecule has 0 amide bonds. The summed E-state index contributed by atoms with van der Waals surface area (Å²) in [5.74, 6) is -0.123. The van der Waals surface area contributed by atoms with Gasteiger partial charge in [0, 0.05) is 5.56 Å². The Morgan fingerprint density at radius 2 is 1.84 bits per heavy atom. The summed E-state index contributed by atoms with van der Waals surface area (Å²) in [5, 5.41) is 11.0. The van der Waals surface area contributed by atoms with Gasteiger partial charge in [0.05, 0.1) is 16.3 Å². The first kappa shape index (κ1) is 16.8. The first-order valence-electron chi connectivity index (χ1n) is 7.35. The molecule has 128 valence electrons. The van der Waals surface area contributed by atoms with Crippen molar-refractivity contribution in [3.05, 3.63) is 59.9 Å². The Kier molecular flexibility index (Phi) is 4.32. The summed E-state index contributed by atoms with van der Waals surface area (Å²) in [5.41, 5.74) is 2.22. The predicted octanol–water partition coefficient (Wildman–Crippen LogP) is 1.97. The van der Waals surface area contributed by atoms with E-state index < -0.39 is 10.0 Å². The van der Waals surface area contributed by atoms with Crippen LogP contribution in [-0.4, -0.2) is 34.4 Å². The summed E-state index contributed by atoms with van der Waals surface area (Å²) in [6, 6.07) is 10.9. The smallest absolute Gasteiger partial charge is 0.261 e. The number of sulfonamides is 1. The average molecular weight is 357 g/mol. The largest absolute Gasteiger partial charge is 0.295 e. The number of hydrogen-bond donors (Lipinski definition) is 1. The van der Waals surface area contributed by atoms with Gasteiger partial charge in [-0.3, -0.25) is 9.52 Å². The average Bonchev–Trinajstić information content (AvgIpc) is 3.11. The van der Waals surface area contributed by atoms with E-state index in [0.29, 0.717) is 22.5 Å². The third-order valence-corrected chi connectivity index (χ3v) is 5.10. The van der Waals surface area contributed by atoms with Crippen LogP contribution in [0.3, 0.4) is 0 Å². The number of nitrogens with zero attached hydrogens (tertiary/aromatic N) is 4. The van der Waals surface area contributed by atoms with E-state index in [2.05, 4.69) is 20.2 Å². The molecule has 3 aromatic rings. The second-order valence-corrected chi connectivity index (χ2v) is 7.07. The Bertz CT molecular complexity index is 1010. The number of aromatic nitrogens is 4. The van der Waals surface area contributed by atoms with Gasteiger partial charge < -0.3 is 0 Å². The summed E-state index contributed by atoms with van der Waals surface area (Å²) in [6.45, 7) is 3.20. The lowest BCUT2D eigenvalue weighted by Crippen LogP contribution is -2.14. The summed E-state index contributed by atoms with van der Waals surface area (Å²) < 4.78 is 29.2. The fourth-order valence-electron chi connectivity index (χ4n) is 2.33. The number of ketones is 1. The van der Waals surface area contributed by atoms with E-state index in [4.69, 9.17) is 0 Å². The Labute approximate surface area is 144 Å². The Balaban J connectivity index is 1.93. The lowest BCUT2D eigenvalue weighted by Gasteiger charge is -2.13. The van der Waals surface area contributed by atoms with Crippen LogP contribution in [0.1, 0.15) is 22.8 Å². The van der Waals surface area contributed by atoms with Gasteiger partial charge in [0.25, 0.3) is 10.0 Å². The Morgan fingerprint density at radius 1 is 1.12 bits per heavy atom. The molecule has 3 rings (SSSR count). The van der Waals surface area contributed by atoms with Gasteiger partial charge in [0.2, 0.25) is 0 Å². The fourth-order valence-corrected chi connectivity index (χ4v) is 3.45. The molecule has 25 heavy (non-hydrogen) atoms. The molecule has 1 N–H and O–H groups in total. The molecule has 0 spiro atoms. The van der Waals surface area contributed by atoms with Crippen LogP contribution in [0.4, 0.5) is 5.69 Å². The monoisotopic (exact) mass is 357 g/mol. The number of hydrogen-bond acceptors (Lipinski definition) is 6. The van der Waals surface area contributed by atoms with E-state index in [-0.39, 0.29) is 10.7 Å². The molecule has 0 saturated carbocycles. The van der Waals surface area contributed by atoms with Gasteiger partial charge in [-0.25, -0.2) is 13.1 Å². The molecule has 0 aliphatic carbocycles. The molecule has 8 nitrogen and oxygen atoms in total. The predicted molar refractivity (Wildman–Crippen MR) is 91.1 cm³/mol. The van der Waals surface area contributed by atoms with Gasteiger partial charge in [0.1, 0.15) is 6.33 Å². The van der Waals surface area contributed by atoms with Crippen molar-refractivity contribution in [1.29, 1.82) is 0 Å². The van der Waals surface area contributed by atoms with Crippen LogP contribution >= 0.6 is 0 Å². The number of carbonyl (C=O) groups is 1. The van der Waals surface area contributed by atoms with E-state index in [1.54, 1.807) is 25.1 Å². The lowest BCUT2D eigenvalue weighted by atomic mass is 10.1. The molecule has 1 aromatic heterocycles. The van der Waals surface area contributed by atoms with Crippen molar-refractivity contribution in [2.75, 3.05) is 4.72 Å². The number of carbonyl (C=O) groups excluding carboxylic acids is 1. The summed E-state index contributed by atoms with van der Waals surface area (Å²) in [7, 11) is -3.79. The topological polar surface area (TPSA) is 107 Å². The van der Waals surface area contributed by atoms with Crippen LogP contribution in [0, 0.1) is 6.92 Å². The summed E-state index contributed by atoms with van der Waals surface area (Å²) in [4.78, 5) is 11.4. The molecule has 0 radical (unpaired) electrons. The second-order valence-electron chi connectivity index (χ2n) is 5.39. The summed E-state index contributed by atoms with van der Waals surface area (Å²) >= 11 is 0. The lowest BCUT2D eigenvalue weighted by molar-refractivity contribution is 0.101. The maximum absolute atomic E-state index is 12.6. The fraction of sp³-hybridized carbons (Fsp3) is 0.125. The van der Waals surface area contributed by atoms with Crippen molar-refractivity contribution in [2.45, 2.75) is 18.7 Å². The minimum Gasteiger partial charge on any atom is -0.295 e. The third kappa shape index (κ3) is 3.41. The second kappa shape index (κ2) is 6.44. The number of rotatable bonds is 5. The van der Waals surface area contributed by atoms with E-state index in [9.17, 15) is 13.2 Å². The van der Waals surface area contributed by atoms with E-state index >= 15 is 0 Å². The number of tetrazole rings is 1. The minimum absolute atomic E-state index is 0.0738. The highest BCUT2D eigenvalue weighted by atomic mass is 32.2. The van der Waals surface area contributed by atoms with Crippen molar-refractivity contribution in [3.63, 3.8) is 0 Å². The molecule has 0 atom stereocenters. The van der Waals surface area contributed by atoms with Gasteiger partial charge in [-0.1, -0.05) is 18.2 Å². The quantitative estimate of drug-likeness (QED) is 0.700. The minimum atomic E-state index is -3.79. The van der Waals surface area contributed by atoms with Gasteiger partial charge in [-0.2, -0.15) is 0 Å². The maximum atomic E-state index is 12.6. The first-order valence-corrected chi connectivity index (χ1v) is 8.83. The van der Waals surface area contributed by atoms with Gasteiger partial charge in [-0.15, -0.1) is 5.10 Å². The van der Waals surface area contributed by atoms with Gasteiger partial charge in [0.15, 0.2) is 5.78 Å². The normalized spacial score (nSPS) is 11.3. The molecule has 0 fully saturated rings. The van der Waals surface area contributed by atoms with E-state index in [1.807, 2.05) is 0 Å². The van der Waals surface area contributed by atoms with Crippen LogP contribution in [0.15, 0.2) is 53.7 Å². The zero-order valence-corrected chi connectivity index (χ0v) is 14.4. The Hall–Kier alpha value is -3.07. The molecule has 2 aromatic carbocycles. The molecule has 0 saturated heterocycles. The van der Waals surface area contributed by atoms with Crippen molar-refractivity contribution in [1.82, 2.24) is 20.2 Å². The third-order valence-electron chi connectivity index (χ3n) is 3.72. The maximum Gasteiger partial charge on any atom is 0.261 e. The number of nitrogens with one attached hydrogen (secondary N) is 1. The summed E-state index contributed by atoms with van der Waals surface area (Å²) in [6.07, 6.45) is 1.43. The molecule has 0 aliphatic rings. The highest BCUT2D eigenvalue weighted by Crippen LogP contribution is 2.24. The highest BCUT2D eigenvalue weighted by molar-refractivity contribution is 7.92. The van der Waals surface area contributed by atoms with E-state index in [1.165, 1.54) is 42.2 Å². The van der Waals surface area contributed by atoms with Crippen molar-refractivity contribution >= 4 is 21.5 Å². The van der Waals surface area contributed by atoms with Crippen LogP contribution in [0.2, 0.25) is 0 Å². The van der Waals surface area contributed by atoms with Gasteiger partial charge in [-0.05, 0) is 54.1 Å². The van der Waals surface area contributed by atoms with Crippen LogP contribution in [0.25, 0.3) is 5.69 Å². The van der Waals surface area contributed by atoms with Crippen LogP contribution in [-0.2, 0) is 10.0 Å². The Morgan fingerprint density at radius 3 is 2.44 bits per heavy atom. The van der Waals surface area contributed by atoms with Gasteiger partial charge >= 0.3 is 0 Å².